The largest absolute Gasteiger partial charge is 0.305 e. The van der Waals surface area contributed by atoms with E-state index in [9.17, 15) is 10.1 Å². The van der Waals surface area contributed by atoms with Crippen molar-refractivity contribution < 1.29 is 4.92 Å². The minimum atomic E-state index is -0.530. The third-order valence-corrected chi connectivity index (χ3v) is 4.53. The Labute approximate surface area is 133 Å². The molecule has 3 rings (SSSR count). The maximum atomic E-state index is 10.6. The summed E-state index contributed by atoms with van der Waals surface area (Å²) in [6.07, 6.45) is 2.37. The van der Waals surface area contributed by atoms with E-state index in [0.717, 1.165) is 10.7 Å². The van der Waals surface area contributed by atoms with E-state index in [2.05, 4.69) is 20.2 Å². The Hall–Kier alpha value is -2.33. The van der Waals surface area contributed by atoms with Gasteiger partial charge in [-0.05, 0) is 30.1 Å². The number of aromatic nitrogens is 5. The van der Waals surface area contributed by atoms with Crippen LogP contribution in [0.15, 0.2) is 40.2 Å². The molecule has 3 heterocycles. The van der Waals surface area contributed by atoms with Crippen LogP contribution in [0.2, 0.25) is 0 Å². The van der Waals surface area contributed by atoms with Gasteiger partial charge >= 0.3 is 5.69 Å². The van der Waals surface area contributed by atoms with Crippen molar-refractivity contribution in [1.82, 2.24) is 24.7 Å². The Bertz CT molecular complexity index is 785. The molecule has 112 valence electrons. The second-order valence-corrected chi connectivity index (χ2v) is 5.99. The monoisotopic (exact) mass is 334 g/mol. The van der Waals surface area contributed by atoms with Gasteiger partial charge in [-0.25, -0.2) is 9.97 Å². The van der Waals surface area contributed by atoms with Gasteiger partial charge in [-0.3, -0.25) is 10.1 Å². The van der Waals surface area contributed by atoms with Crippen molar-refractivity contribution in [2.45, 2.75) is 23.8 Å². The van der Waals surface area contributed by atoms with Gasteiger partial charge in [0.15, 0.2) is 16.1 Å². The first kappa shape index (κ1) is 14.6. The second-order valence-electron chi connectivity index (χ2n) is 4.11. The van der Waals surface area contributed by atoms with E-state index in [1.807, 2.05) is 29.0 Å². The summed E-state index contributed by atoms with van der Waals surface area (Å²) in [5.74, 6) is 0.793. The van der Waals surface area contributed by atoms with Crippen LogP contribution in [0.1, 0.15) is 6.92 Å². The van der Waals surface area contributed by atoms with Crippen molar-refractivity contribution in [1.29, 1.82) is 0 Å². The number of nitro groups is 1. The first-order valence-corrected chi connectivity index (χ1v) is 8.00. The molecule has 0 spiro atoms. The van der Waals surface area contributed by atoms with Crippen molar-refractivity contribution >= 4 is 28.8 Å². The molecule has 0 aliphatic rings. The molecule has 0 aliphatic carbocycles. The fraction of sp³-hybridized carbons (Fsp3) is 0.167. The highest BCUT2D eigenvalue weighted by molar-refractivity contribution is 7.99. The van der Waals surface area contributed by atoms with Crippen LogP contribution >= 0.6 is 23.1 Å². The third kappa shape index (κ3) is 2.83. The molecule has 8 nitrogen and oxygen atoms in total. The Morgan fingerprint density at radius 1 is 1.36 bits per heavy atom. The average molecular weight is 334 g/mol. The first-order valence-electron chi connectivity index (χ1n) is 6.30. The van der Waals surface area contributed by atoms with Crippen molar-refractivity contribution in [2.24, 2.45) is 0 Å². The summed E-state index contributed by atoms with van der Waals surface area (Å²) in [6, 6.07) is 3.94. The summed E-state index contributed by atoms with van der Waals surface area (Å²) < 4.78 is 1.96. The molecule has 0 saturated heterocycles. The molecule has 0 N–H and O–H groups in total. The van der Waals surface area contributed by atoms with Crippen molar-refractivity contribution in [3.8, 4) is 10.7 Å². The summed E-state index contributed by atoms with van der Waals surface area (Å²) in [5.41, 5.74) is -0.138. The summed E-state index contributed by atoms with van der Waals surface area (Å²) >= 11 is 2.82. The zero-order valence-corrected chi connectivity index (χ0v) is 13.0. The van der Waals surface area contributed by atoms with Gasteiger partial charge in [0.1, 0.15) is 12.4 Å². The molecule has 0 unspecified atom stereocenters. The van der Waals surface area contributed by atoms with Gasteiger partial charge in [-0.2, -0.15) is 0 Å². The third-order valence-electron chi connectivity index (χ3n) is 2.78. The standard InChI is InChI=1S/C12H10N6O2S2/c1-2-17-10(9-4-3-5-21-9)15-16-12(17)22-11-13-6-8(7-14-11)18(19)20/h3-7H,2H2,1H3. The van der Waals surface area contributed by atoms with Crippen LogP contribution in [-0.4, -0.2) is 29.7 Å². The van der Waals surface area contributed by atoms with Crippen molar-refractivity contribution in [2.75, 3.05) is 0 Å². The summed E-state index contributed by atoms with van der Waals surface area (Å²) in [5, 5.41) is 22.0. The maximum absolute atomic E-state index is 10.6. The highest BCUT2D eigenvalue weighted by atomic mass is 32.2. The lowest BCUT2D eigenvalue weighted by Crippen LogP contribution is -1.99. The molecule has 3 aromatic heterocycles. The van der Waals surface area contributed by atoms with Gasteiger partial charge in [0.05, 0.1) is 9.80 Å². The molecular weight excluding hydrogens is 324 g/mol. The quantitative estimate of drug-likeness (QED) is 0.402. The lowest BCUT2D eigenvalue weighted by atomic mass is 10.4. The second kappa shape index (κ2) is 6.20. The van der Waals surface area contributed by atoms with E-state index in [0.29, 0.717) is 16.9 Å². The van der Waals surface area contributed by atoms with E-state index in [1.165, 1.54) is 24.2 Å². The number of nitrogens with zero attached hydrogens (tertiary/aromatic N) is 6. The smallest absolute Gasteiger partial charge is 0.301 e. The zero-order chi connectivity index (χ0) is 15.5. The average Bonchev–Trinajstić information content (AvgIpc) is 3.16. The SMILES string of the molecule is CCn1c(Sc2ncc([N+](=O)[O-])cn2)nnc1-c1cccs1. The van der Waals surface area contributed by atoms with Crippen molar-refractivity contribution in [3.63, 3.8) is 0 Å². The van der Waals surface area contributed by atoms with Crippen LogP contribution in [0.4, 0.5) is 5.69 Å². The number of hydrogen-bond donors (Lipinski definition) is 0. The highest BCUT2D eigenvalue weighted by Gasteiger charge is 2.16. The Morgan fingerprint density at radius 3 is 2.73 bits per heavy atom. The van der Waals surface area contributed by atoms with Gasteiger partial charge in [-0.1, -0.05) is 6.07 Å². The summed E-state index contributed by atoms with van der Waals surface area (Å²) in [4.78, 5) is 19.1. The lowest BCUT2D eigenvalue weighted by molar-refractivity contribution is -0.385. The van der Waals surface area contributed by atoms with Crippen LogP contribution < -0.4 is 0 Å². The predicted molar refractivity (Wildman–Crippen MR) is 81.8 cm³/mol. The van der Waals surface area contributed by atoms with E-state index in [4.69, 9.17) is 0 Å². The molecule has 0 bridgehead atoms. The molecule has 0 aliphatic heterocycles. The highest BCUT2D eigenvalue weighted by Crippen LogP contribution is 2.29. The molecule has 22 heavy (non-hydrogen) atoms. The van der Waals surface area contributed by atoms with Gasteiger partial charge in [0.25, 0.3) is 0 Å². The fourth-order valence-electron chi connectivity index (χ4n) is 1.78. The summed E-state index contributed by atoms with van der Waals surface area (Å²) in [6.45, 7) is 2.71. The molecule has 0 atom stereocenters. The van der Waals surface area contributed by atoms with E-state index in [-0.39, 0.29) is 5.69 Å². The van der Waals surface area contributed by atoms with E-state index >= 15 is 0 Å². The Kier molecular flexibility index (Phi) is 4.11. The molecular formula is C12H10N6O2S2. The first-order chi connectivity index (χ1) is 10.7. The van der Waals surface area contributed by atoms with Crippen LogP contribution in [0.25, 0.3) is 10.7 Å². The minimum Gasteiger partial charge on any atom is -0.301 e. The van der Waals surface area contributed by atoms with Gasteiger partial charge in [0.2, 0.25) is 0 Å². The van der Waals surface area contributed by atoms with Crippen LogP contribution in [0.5, 0.6) is 0 Å². The molecule has 10 heteroatoms. The fourth-order valence-corrected chi connectivity index (χ4v) is 3.27. The van der Waals surface area contributed by atoms with Crippen LogP contribution in [-0.2, 0) is 6.54 Å². The van der Waals surface area contributed by atoms with Gasteiger partial charge in [0, 0.05) is 6.54 Å². The Morgan fingerprint density at radius 2 is 2.14 bits per heavy atom. The number of rotatable bonds is 5. The zero-order valence-electron chi connectivity index (χ0n) is 11.4. The minimum absolute atomic E-state index is 0.138. The molecule has 3 aromatic rings. The predicted octanol–water partition coefficient (Wildman–Crippen LogP) is 2.88. The van der Waals surface area contributed by atoms with Gasteiger partial charge < -0.3 is 4.57 Å². The number of hydrogen-bond acceptors (Lipinski definition) is 8. The molecule has 0 aromatic carbocycles. The molecule has 0 radical (unpaired) electrons. The van der Waals surface area contributed by atoms with Crippen molar-refractivity contribution in [3.05, 3.63) is 40.0 Å². The Balaban J connectivity index is 1.88. The molecule has 0 fully saturated rings. The van der Waals surface area contributed by atoms with Crippen LogP contribution in [0, 0.1) is 10.1 Å². The van der Waals surface area contributed by atoms with Crippen LogP contribution in [0.3, 0.4) is 0 Å². The molecule has 0 amide bonds. The van der Waals surface area contributed by atoms with E-state index in [1.54, 1.807) is 11.3 Å². The lowest BCUT2D eigenvalue weighted by Gasteiger charge is -2.04. The van der Waals surface area contributed by atoms with Gasteiger partial charge in [-0.15, -0.1) is 21.5 Å². The normalized spacial score (nSPS) is 10.8. The maximum Gasteiger partial charge on any atom is 0.305 e. The van der Waals surface area contributed by atoms with E-state index < -0.39 is 4.92 Å². The molecule has 0 saturated carbocycles. The number of thiophene rings is 1. The topological polar surface area (TPSA) is 99.6 Å². The summed E-state index contributed by atoms with van der Waals surface area (Å²) in [7, 11) is 0.